The Morgan fingerprint density at radius 1 is 0.767 bits per heavy atom. The maximum atomic E-state index is 14.3. The van der Waals surface area contributed by atoms with E-state index in [1.165, 1.54) is 9.13 Å². The Kier molecular flexibility index (Phi) is 6.09. The molecule has 7 heteroatoms. The molecule has 0 amide bonds. The first-order valence-electron chi connectivity index (χ1n) is 9.26. The molecule has 4 heterocycles. The molecule has 0 aliphatic heterocycles. The van der Waals surface area contributed by atoms with Gasteiger partial charge in [-0.2, -0.15) is 0 Å². The average molecular weight is 586 g/mol. The fraction of sp³-hybridized carbons (Fsp3) is 0.217. The first kappa shape index (κ1) is 22.1. The number of halogens is 2. The first-order chi connectivity index (χ1) is 13.8. The van der Waals surface area contributed by atoms with Crippen LogP contribution in [0, 0.1) is 38.1 Å². The SMILES string of the molecule is Cc1c[c-]n(-c2cccc(C(C)(C)c3cccc(-n4[c-]cc(C)c4F)n3)n2)c1F.[Pt+2]. The van der Waals surface area contributed by atoms with E-state index in [0.717, 1.165) is 0 Å². The Hall–Kier alpha value is -2.59. The molecule has 0 aliphatic carbocycles. The summed E-state index contributed by atoms with van der Waals surface area (Å²) >= 11 is 0. The number of aryl methyl sites for hydroxylation is 2. The number of hydrogen-bond acceptors (Lipinski definition) is 2. The van der Waals surface area contributed by atoms with E-state index >= 15 is 0 Å². The van der Waals surface area contributed by atoms with Crippen LogP contribution >= 0.6 is 0 Å². The van der Waals surface area contributed by atoms with Crippen LogP contribution in [-0.2, 0) is 26.5 Å². The van der Waals surface area contributed by atoms with Gasteiger partial charge in [0, 0.05) is 16.8 Å². The summed E-state index contributed by atoms with van der Waals surface area (Å²) in [7, 11) is 0. The number of nitrogens with zero attached hydrogens (tertiary/aromatic N) is 4. The van der Waals surface area contributed by atoms with Gasteiger partial charge in [0.05, 0.1) is 23.5 Å². The Morgan fingerprint density at radius 2 is 1.17 bits per heavy atom. The third-order valence-corrected chi connectivity index (χ3v) is 5.07. The van der Waals surface area contributed by atoms with Crippen LogP contribution < -0.4 is 0 Å². The summed E-state index contributed by atoms with van der Waals surface area (Å²) in [6.07, 6.45) is 5.72. The summed E-state index contributed by atoms with van der Waals surface area (Å²) in [4.78, 5) is 9.30. The van der Waals surface area contributed by atoms with Crippen LogP contribution in [-0.4, -0.2) is 19.1 Å². The third kappa shape index (κ3) is 3.76. The van der Waals surface area contributed by atoms with Gasteiger partial charge < -0.3 is 9.13 Å². The van der Waals surface area contributed by atoms with Gasteiger partial charge in [0.2, 0.25) is 0 Å². The van der Waals surface area contributed by atoms with Gasteiger partial charge in [-0.25, -0.2) is 0 Å². The van der Waals surface area contributed by atoms with Crippen molar-refractivity contribution in [2.45, 2.75) is 33.1 Å². The molecule has 0 atom stereocenters. The largest absolute Gasteiger partial charge is 2.00 e. The second-order valence-corrected chi connectivity index (χ2v) is 7.55. The van der Waals surface area contributed by atoms with Crippen LogP contribution in [0.25, 0.3) is 11.6 Å². The molecule has 4 nitrogen and oxygen atoms in total. The minimum absolute atomic E-state index is 0. The molecule has 0 N–H and O–H groups in total. The van der Waals surface area contributed by atoms with Crippen molar-refractivity contribution in [2.24, 2.45) is 0 Å². The molecule has 0 saturated heterocycles. The Balaban J connectivity index is 0.00000256. The van der Waals surface area contributed by atoms with Crippen LogP contribution in [0.4, 0.5) is 8.78 Å². The third-order valence-electron chi connectivity index (χ3n) is 5.07. The molecule has 4 rings (SSSR count). The fourth-order valence-electron chi connectivity index (χ4n) is 3.16. The molecule has 0 bridgehead atoms. The number of pyridine rings is 2. The van der Waals surface area contributed by atoms with Crippen LogP contribution in [0.2, 0.25) is 0 Å². The van der Waals surface area contributed by atoms with Gasteiger partial charge in [-0.1, -0.05) is 50.5 Å². The minimum atomic E-state index is -0.594. The van der Waals surface area contributed by atoms with E-state index in [0.29, 0.717) is 34.2 Å². The predicted octanol–water partition coefficient (Wildman–Crippen LogP) is 4.88. The van der Waals surface area contributed by atoms with Gasteiger partial charge in [-0.05, 0) is 26.0 Å². The monoisotopic (exact) mass is 585 g/mol. The molecule has 4 aromatic heterocycles. The molecular formula is C23H20F2N4Pt. The van der Waals surface area contributed by atoms with Crippen molar-refractivity contribution in [1.82, 2.24) is 19.1 Å². The normalized spacial score (nSPS) is 11.4. The summed E-state index contributed by atoms with van der Waals surface area (Å²) in [5.41, 5.74) is 1.85. The van der Waals surface area contributed by atoms with Gasteiger partial charge in [0.1, 0.15) is 0 Å². The smallest absolute Gasteiger partial charge is 0.406 e. The standard InChI is InChI=1S/C23H20F2N4.Pt/c1-15-11-13-28(21(15)24)19-9-5-7-17(26-19)23(3,4)18-8-6-10-20(27-18)29-14-12-16(2)22(29)25;/h5-12H,1-4H3;/q-2;+2. The molecule has 0 radical (unpaired) electrons. The zero-order valence-electron chi connectivity index (χ0n) is 17.0. The molecule has 0 spiro atoms. The van der Waals surface area contributed by atoms with Crippen LogP contribution in [0.1, 0.15) is 36.4 Å². The van der Waals surface area contributed by atoms with E-state index in [2.05, 4.69) is 22.4 Å². The van der Waals surface area contributed by atoms with E-state index < -0.39 is 5.41 Å². The minimum Gasteiger partial charge on any atom is -0.406 e. The molecule has 156 valence electrons. The zero-order chi connectivity index (χ0) is 20.8. The number of hydrogen-bond donors (Lipinski definition) is 0. The van der Waals surface area contributed by atoms with Crippen LogP contribution in [0.15, 0.2) is 48.5 Å². The van der Waals surface area contributed by atoms with Crippen molar-refractivity contribution in [3.8, 4) is 11.6 Å². The molecule has 0 aliphatic rings. The average Bonchev–Trinajstić information content (AvgIpc) is 3.24. The first-order valence-corrected chi connectivity index (χ1v) is 9.26. The Morgan fingerprint density at radius 3 is 1.50 bits per heavy atom. The van der Waals surface area contributed by atoms with Gasteiger partial charge >= 0.3 is 21.1 Å². The Labute approximate surface area is 188 Å². The molecule has 0 aromatic carbocycles. The number of rotatable bonds is 4. The van der Waals surface area contributed by atoms with Crippen molar-refractivity contribution in [3.63, 3.8) is 0 Å². The summed E-state index contributed by atoms with van der Waals surface area (Å²) in [6.45, 7) is 7.33. The van der Waals surface area contributed by atoms with Crippen molar-refractivity contribution < 1.29 is 29.8 Å². The maximum Gasteiger partial charge on any atom is 2.00 e. The maximum absolute atomic E-state index is 14.3. The molecule has 4 aromatic rings. The van der Waals surface area contributed by atoms with E-state index in [9.17, 15) is 8.78 Å². The van der Waals surface area contributed by atoms with Crippen LogP contribution in [0.3, 0.4) is 0 Å². The van der Waals surface area contributed by atoms with E-state index in [4.69, 9.17) is 0 Å². The van der Waals surface area contributed by atoms with E-state index in [-0.39, 0.29) is 33.0 Å². The van der Waals surface area contributed by atoms with E-state index in [1.54, 1.807) is 38.1 Å². The molecule has 0 unspecified atom stereocenters. The van der Waals surface area contributed by atoms with Gasteiger partial charge in [0.25, 0.3) is 0 Å². The molecule has 30 heavy (non-hydrogen) atoms. The van der Waals surface area contributed by atoms with Crippen molar-refractivity contribution in [2.75, 3.05) is 0 Å². The predicted molar refractivity (Wildman–Crippen MR) is 106 cm³/mol. The fourth-order valence-corrected chi connectivity index (χ4v) is 3.16. The number of aromatic nitrogens is 4. The summed E-state index contributed by atoms with van der Waals surface area (Å²) in [6, 6.07) is 14.0. The van der Waals surface area contributed by atoms with Crippen molar-refractivity contribution >= 4 is 0 Å². The summed E-state index contributed by atoms with van der Waals surface area (Å²) in [5, 5.41) is 0. The van der Waals surface area contributed by atoms with Crippen molar-refractivity contribution in [1.29, 1.82) is 0 Å². The second-order valence-electron chi connectivity index (χ2n) is 7.55. The molecular weight excluding hydrogens is 565 g/mol. The van der Waals surface area contributed by atoms with Crippen LogP contribution in [0.5, 0.6) is 0 Å². The topological polar surface area (TPSA) is 35.6 Å². The quantitative estimate of drug-likeness (QED) is 0.321. The van der Waals surface area contributed by atoms with Gasteiger partial charge in [0.15, 0.2) is 0 Å². The van der Waals surface area contributed by atoms with Crippen molar-refractivity contribution in [3.05, 3.63) is 95.3 Å². The molecule has 0 fully saturated rings. The summed E-state index contributed by atoms with van der Waals surface area (Å²) < 4.78 is 31.2. The van der Waals surface area contributed by atoms with E-state index in [1.807, 2.05) is 38.1 Å². The second kappa shape index (κ2) is 8.27. The van der Waals surface area contributed by atoms with Gasteiger partial charge in [-0.15, -0.1) is 23.3 Å². The molecule has 0 saturated carbocycles. The summed E-state index contributed by atoms with van der Waals surface area (Å²) in [5.74, 6) is 0.110. The zero-order valence-corrected chi connectivity index (χ0v) is 19.3. The Bertz CT molecular complexity index is 1100. The van der Waals surface area contributed by atoms with Gasteiger partial charge in [-0.3, -0.25) is 18.7 Å².